The van der Waals surface area contributed by atoms with E-state index in [-0.39, 0.29) is 23.7 Å². The fourth-order valence-corrected chi connectivity index (χ4v) is 5.50. The van der Waals surface area contributed by atoms with Gasteiger partial charge in [-0.1, -0.05) is 36.4 Å². The molecule has 12 nitrogen and oxygen atoms in total. The molecule has 40 heavy (non-hydrogen) atoms. The maximum atomic E-state index is 12.9. The van der Waals surface area contributed by atoms with Crippen LogP contribution in [0, 0.1) is 10.1 Å². The number of nitro groups is 1. The molecule has 0 radical (unpaired) electrons. The van der Waals surface area contributed by atoms with E-state index in [4.69, 9.17) is 9.47 Å². The van der Waals surface area contributed by atoms with Gasteiger partial charge in [-0.05, 0) is 75.9 Å². The smallest absolute Gasteiger partial charge is 0.293 e. The average Bonchev–Trinajstić information content (AvgIpc) is 3.54. The van der Waals surface area contributed by atoms with E-state index in [9.17, 15) is 19.7 Å². The summed E-state index contributed by atoms with van der Waals surface area (Å²) in [4.78, 5) is 38.4. The average molecular weight is 577 g/mol. The van der Waals surface area contributed by atoms with Crippen molar-refractivity contribution in [1.29, 1.82) is 0 Å². The molecule has 0 atom stereocenters. The maximum absolute atomic E-state index is 12.9. The minimum absolute atomic E-state index is 0.0336. The lowest BCUT2D eigenvalue weighted by Crippen LogP contribution is -2.32. The van der Waals surface area contributed by atoms with Crippen LogP contribution < -0.4 is 9.47 Å². The Hall–Kier alpha value is -4.69. The highest BCUT2D eigenvalue weighted by molar-refractivity contribution is 8.18. The minimum Gasteiger partial charge on any atom is -0.493 e. The lowest BCUT2D eigenvalue weighted by molar-refractivity contribution is -0.387. The van der Waals surface area contributed by atoms with E-state index in [2.05, 4.69) is 15.5 Å². The van der Waals surface area contributed by atoms with E-state index in [0.29, 0.717) is 32.8 Å². The normalized spacial score (nSPS) is 14.1. The van der Waals surface area contributed by atoms with Crippen LogP contribution in [-0.4, -0.2) is 61.4 Å². The number of rotatable bonds is 10. The second-order valence-electron chi connectivity index (χ2n) is 8.13. The minimum atomic E-state index is -0.517. The van der Waals surface area contributed by atoms with Crippen molar-refractivity contribution in [3.05, 3.63) is 93.4 Å². The molecule has 0 bridgehead atoms. The topological polar surface area (TPSA) is 143 Å². The molecule has 1 aromatic heterocycles. The number of methoxy groups -OCH3 is 1. The Morgan fingerprint density at radius 3 is 2.55 bits per heavy atom. The first-order valence-corrected chi connectivity index (χ1v) is 13.4. The molecule has 0 saturated carbocycles. The molecule has 0 spiro atoms. The van der Waals surface area contributed by atoms with Crippen molar-refractivity contribution in [2.24, 2.45) is 0 Å². The summed E-state index contributed by atoms with van der Waals surface area (Å²) in [7, 11) is 1.52. The molecule has 1 aliphatic rings. The van der Waals surface area contributed by atoms with Crippen LogP contribution in [0.3, 0.4) is 0 Å². The van der Waals surface area contributed by atoms with Gasteiger partial charge in [0.15, 0.2) is 11.5 Å². The van der Waals surface area contributed by atoms with Gasteiger partial charge in [0.05, 0.1) is 34.1 Å². The number of imide groups is 1. The van der Waals surface area contributed by atoms with Crippen molar-refractivity contribution >= 4 is 46.4 Å². The summed E-state index contributed by atoms with van der Waals surface area (Å²) < 4.78 is 12.4. The van der Waals surface area contributed by atoms with Crippen molar-refractivity contribution < 1.29 is 24.0 Å². The predicted molar refractivity (Wildman–Crippen MR) is 148 cm³/mol. The number of hydrogen-bond donors (Lipinski definition) is 0. The van der Waals surface area contributed by atoms with Gasteiger partial charge in [-0.2, -0.15) is 4.68 Å². The first kappa shape index (κ1) is 26.9. The molecule has 0 unspecified atom stereocenters. The number of hydrogen-bond acceptors (Lipinski definition) is 11. The number of aromatic nitrogens is 4. The Labute approximate surface area is 236 Å². The molecule has 5 rings (SSSR count). The molecule has 0 N–H and O–H groups in total. The van der Waals surface area contributed by atoms with Crippen LogP contribution in [0.4, 0.5) is 10.5 Å². The Morgan fingerprint density at radius 2 is 1.80 bits per heavy atom. The van der Waals surface area contributed by atoms with Crippen molar-refractivity contribution in [2.45, 2.75) is 10.1 Å². The van der Waals surface area contributed by atoms with E-state index in [1.807, 2.05) is 30.3 Å². The summed E-state index contributed by atoms with van der Waals surface area (Å²) in [6.45, 7) is 0.109. The van der Waals surface area contributed by atoms with Gasteiger partial charge in [-0.3, -0.25) is 24.6 Å². The molecule has 0 aliphatic carbocycles. The van der Waals surface area contributed by atoms with E-state index in [0.717, 1.165) is 28.4 Å². The summed E-state index contributed by atoms with van der Waals surface area (Å²) in [5, 5.41) is 23.5. The Balaban J connectivity index is 1.30. The molecule has 14 heteroatoms. The number of carbonyl (C=O) groups is 2. The zero-order valence-electron chi connectivity index (χ0n) is 20.9. The van der Waals surface area contributed by atoms with E-state index >= 15 is 0 Å². The quantitative estimate of drug-likeness (QED) is 0.145. The third-order valence-corrected chi connectivity index (χ3v) is 7.55. The van der Waals surface area contributed by atoms with Gasteiger partial charge in [0.25, 0.3) is 16.8 Å². The largest absolute Gasteiger partial charge is 0.493 e. The van der Waals surface area contributed by atoms with Gasteiger partial charge in [-0.25, -0.2) is 0 Å². The number of nitro benzene ring substituents is 1. The fourth-order valence-electron chi connectivity index (χ4n) is 3.75. The third-order valence-electron chi connectivity index (χ3n) is 5.64. The number of carbonyl (C=O) groups excluding carboxylic acids is 2. The standard InChI is InChI=1S/C26H20N6O6S2/c1-37-20-9-5-6-10-21(20)38-14-13-30-24(33)23(40-26(30)34)16-17-11-12-22(19(15-17)32(35)36)39-25-27-28-29-31(25)18-7-3-2-4-8-18/h2-12,15-16H,13-14H2,1H3/b23-16-. The summed E-state index contributed by atoms with van der Waals surface area (Å²) in [5.41, 5.74) is 0.915. The van der Waals surface area contributed by atoms with E-state index in [1.54, 1.807) is 36.4 Å². The summed E-state index contributed by atoms with van der Waals surface area (Å²) in [6, 6.07) is 20.7. The zero-order chi connectivity index (χ0) is 28.1. The van der Waals surface area contributed by atoms with Gasteiger partial charge >= 0.3 is 0 Å². The van der Waals surface area contributed by atoms with Crippen molar-refractivity contribution in [2.75, 3.05) is 20.3 Å². The van der Waals surface area contributed by atoms with E-state index in [1.165, 1.54) is 23.9 Å². The second kappa shape index (κ2) is 12.0. The van der Waals surface area contributed by atoms with Gasteiger partial charge in [0.1, 0.15) is 6.61 Å². The first-order chi connectivity index (χ1) is 19.4. The van der Waals surface area contributed by atoms with Crippen molar-refractivity contribution in [3.8, 4) is 17.2 Å². The number of benzene rings is 3. The fraction of sp³-hybridized carbons (Fsp3) is 0.115. The number of ether oxygens (including phenoxy) is 2. The molecule has 4 aromatic rings. The van der Waals surface area contributed by atoms with Crippen LogP contribution in [0.1, 0.15) is 5.56 Å². The molecule has 1 saturated heterocycles. The lowest BCUT2D eigenvalue weighted by atomic mass is 10.2. The second-order valence-corrected chi connectivity index (χ2v) is 10.1. The summed E-state index contributed by atoms with van der Waals surface area (Å²) in [5.74, 6) is 0.536. The summed E-state index contributed by atoms with van der Waals surface area (Å²) in [6.07, 6.45) is 1.46. The van der Waals surface area contributed by atoms with Gasteiger partial charge in [-0.15, -0.1) is 5.10 Å². The first-order valence-electron chi connectivity index (χ1n) is 11.8. The van der Waals surface area contributed by atoms with Gasteiger partial charge in [0.2, 0.25) is 5.16 Å². The van der Waals surface area contributed by atoms with Crippen LogP contribution in [0.2, 0.25) is 0 Å². The SMILES string of the molecule is COc1ccccc1OCCN1C(=O)S/C(=C\c2ccc(Sc3nnnn3-c3ccccc3)c([N+](=O)[O-])c2)C1=O. The lowest BCUT2D eigenvalue weighted by Gasteiger charge is -2.14. The number of tetrazole rings is 1. The van der Waals surface area contributed by atoms with Crippen LogP contribution in [0.5, 0.6) is 11.5 Å². The number of para-hydroxylation sites is 3. The maximum Gasteiger partial charge on any atom is 0.293 e. The molecular formula is C26H20N6O6S2. The van der Waals surface area contributed by atoms with Crippen molar-refractivity contribution in [3.63, 3.8) is 0 Å². The highest BCUT2D eigenvalue weighted by Crippen LogP contribution is 2.37. The van der Waals surface area contributed by atoms with Crippen molar-refractivity contribution in [1.82, 2.24) is 25.1 Å². The number of amides is 2. The molecule has 1 aliphatic heterocycles. The zero-order valence-corrected chi connectivity index (χ0v) is 22.5. The summed E-state index contributed by atoms with van der Waals surface area (Å²) >= 11 is 1.81. The molecule has 1 fully saturated rings. The third kappa shape index (κ3) is 5.82. The molecule has 202 valence electrons. The molecule has 2 heterocycles. The highest BCUT2D eigenvalue weighted by Gasteiger charge is 2.35. The van der Waals surface area contributed by atoms with Crippen LogP contribution >= 0.6 is 23.5 Å². The highest BCUT2D eigenvalue weighted by atomic mass is 32.2. The van der Waals surface area contributed by atoms with Crippen LogP contribution in [0.15, 0.2) is 87.8 Å². The Bertz CT molecular complexity index is 1610. The molecule has 2 amide bonds. The van der Waals surface area contributed by atoms with E-state index < -0.39 is 16.1 Å². The number of nitrogens with zero attached hydrogens (tertiary/aromatic N) is 6. The number of thioether (sulfide) groups is 1. The van der Waals surface area contributed by atoms with Crippen LogP contribution in [-0.2, 0) is 4.79 Å². The monoisotopic (exact) mass is 576 g/mol. The molecule has 3 aromatic carbocycles. The van der Waals surface area contributed by atoms with Gasteiger partial charge in [0, 0.05) is 6.07 Å². The van der Waals surface area contributed by atoms with Gasteiger partial charge < -0.3 is 9.47 Å². The Kier molecular flexibility index (Phi) is 8.07. The van der Waals surface area contributed by atoms with Crippen LogP contribution in [0.25, 0.3) is 11.8 Å². The molecular weight excluding hydrogens is 556 g/mol. The predicted octanol–water partition coefficient (Wildman–Crippen LogP) is 4.85. The Morgan fingerprint density at radius 1 is 1.05 bits per heavy atom.